The van der Waals surface area contributed by atoms with Crippen molar-refractivity contribution < 1.29 is 14.3 Å². The van der Waals surface area contributed by atoms with Gasteiger partial charge in [0.1, 0.15) is 5.52 Å². The molecule has 1 saturated heterocycles. The summed E-state index contributed by atoms with van der Waals surface area (Å²) in [7, 11) is 0. The number of hydrogen-bond donors (Lipinski definition) is 1. The maximum Gasteiger partial charge on any atom is 0.412 e. The Bertz CT molecular complexity index is 1040. The van der Waals surface area contributed by atoms with Gasteiger partial charge in [-0.25, -0.2) is 9.78 Å². The van der Waals surface area contributed by atoms with Crippen molar-refractivity contribution in [3.63, 3.8) is 0 Å². The summed E-state index contributed by atoms with van der Waals surface area (Å²) in [5.74, 6) is 0.703. The van der Waals surface area contributed by atoms with E-state index in [1.165, 1.54) is 0 Å². The normalized spacial score (nSPS) is 14.1. The fraction of sp³-hybridized carbons (Fsp3) is 0.263. The Hall–Kier alpha value is -2.68. The summed E-state index contributed by atoms with van der Waals surface area (Å²) in [5, 5.41) is 2.78. The number of carbonyl (C=O) groups excluding carboxylic acids is 1. The molecule has 1 N–H and O–H groups in total. The van der Waals surface area contributed by atoms with Gasteiger partial charge in [-0.05, 0) is 35.4 Å². The molecule has 29 heavy (non-hydrogen) atoms. The minimum atomic E-state index is -0.622. The van der Waals surface area contributed by atoms with Gasteiger partial charge in [0.2, 0.25) is 5.28 Å². The number of rotatable bonds is 4. The maximum absolute atomic E-state index is 11.6. The number of pyridine rings is 1. The summed E-state index contributed by atoms with van der Waals surface area (Å²) in [6.07, 6.45) is 1.13. The van der Waals surface area contributed by atoms with Crippen LogP contribution in [0.1, 0.15) is 0 Å². The molecule has 0 unspecified atom stereocenters. The molecule has 1 fully saturated rings. The number of halogens is 2. The molecule has 1 aliphatic rings. The molecule has 3 heterocycles. The van der Waals surface area contributed by atoms with Gasteiger partial charge in [0.25, 0.3) is 0 Å². The smallest absolute Gasteiger partial charge is 0.412 e. The number of hydrogen-bond acceptors (Lipinski definition) is 7. The first-order valence-corrected chi connectivity index (χ1v) is 9.81. The quantitative estimate of drug-likeness (QED) is 0.492. The SMILES string of the molecule is O=C(Nc1cccc(-c2cnc3c(N4CCOCC4)nc(Cl)nc3c2)c1)OCCl. The second-order valence-electron chi connectivity index (χ2n) is 6.25. The highest BCUT2D eigenvalue weighted by Crippen LogP contribution is 2.29. The molecule has 150 valence electrons. The monoisotopic (exact) mass is 433 g/mol. The van der Waals surface area contributed by atoms with Crippen LogP contribution in [-0.2, 0) is 9.47 Å². The molecule has 1 aliphatic heterocycles. The maximum atomic E-state index is 11.6. The number of nitrogens with one attached hydrogen (secondary N) is 1. The Labute approximate surface area is 176 Å². The highest BCUT2D eigenvalue weighted by atomic mass is 35.5. The zero-order chi connectivity index (χ0) is 20.2. The van der Waals surface area contributed by atoms with Crippen LogP contribution in [0, 0.1) is 0 Å². The third-order valence-corrected chi connectivity index (χ3v) is 4.71. The Morgan fingerprint density at radius 1 is 1.21 bits per heavy atom. The molecule has 1 amide bonds. The number of carbonyl (C=O) groups is 1. The lowest BCUT2D eigenvalue weighted by atomic mass is 10.1. The average molecular weight is 434 g/mol. The minimum Gasteiger partial charge on any atom is -0.433 e. The molecule has 0 saturated carbocycles. The fourth-order valence-electron chi connectivity index (χ4n) is 3.11. The summed E-state index contributed by atoms with van der Waals surface area (Å²) in [6, 6.07) is 8.98. The van der Waals surface area contributed by atoms with Crippen molar-refractivity contribution in [2.75, 3.05) is 42.6 Å². The number of benzene rings is 1. The van der Waals surface area contributed by atoms with E-state index in [1.54, 1.807) is 12.3 Å². The molecular formula is C19H17Cl2N5O3. The summed E-state index contributed by atoms with van der Waals surface area (Å²) in [5.41, 5.74) is 3.58. The number of fused-ring (bicyclic) bond motifs is 1. The first kappa shape index (κ1) is 19.6. The first-order chi connectivity index (χ1) is 14.1. The molecule has 2 aromatic heterocycles. The number of alkyl halides is 1. The first-order valence-electron chi connectivity index (χ1n) is 8.90. The molecule has 1 aromatic carbocycles. The third-order valence-electron chi connectivity index (χ3n) is 4.43. The molecule has 8 nitrogen and oxygen atoms in total. The van der Waals surface area contributed by atoms with E-state index in [1.807, 2.05) is 24.3 Å². The van der Waals surface area contributed by atoms with Gasteiger partial charge in [-0.15, -0.1) is 0 Å². The second-order valence-corrected chi connectivity index (χ2v) is 6.81. The molecular weight excluding hydrogens is 417 g/mol. The van der Waals surface area contributed by atoms with Crippen molar-refractivity contribution in [3.8, 4) is 11.1 Å². The van der Waals surface area contributed by atoms with Crippen LogP contribution in [0.3, 0.4) is 0 Å². The summed E-state index contributed by atoms with van der Waals surface area (Å²) in [4.78, 5) is 27.0. The molecule has 4 rings (SSSR count). The summed E-state index contributed by atoms with van der Waals surface area (Å²) < 4.78 is 10.1. The van der Waals surface area contributed by atoms with Gasteiger partial charge < -0.3 is 14.4 Å². The van der Waals surface area contributed by atoms with Gasteiger partial charge in [0.05, 0.1) is 18.7 Å². The van der Waals surface area contributed by atoms with Gasteiger partial charge >= 0.3 is 6.09 Å². The van der Waals surface area contributed by atoms with E-state index in [-0.39, 0.29) is 11.3 Å². The average Bonchev–Trinajstić information content (AvgIpc) is 2.73. The van der Waals surface area contributed by atoms with Crippen LogP contribution in [-0.4, -0.2) is 53.4 Å². The summed E-state index contributed by atoms with van der Waals surface area (Å²) in [6.45, 7) is 2.70. The topological polar surface area (TPSA) is 89.5 Å². The Kier molecular flexibility index (Phi) is 5.94. The van der Waals surface area contributed by atoms with Crippen molar-refractivity contribution in [2.24, 2.45) is 0 Å². The van der Waals surface area contributed by atoms with E-state index in [2.05, 4.69) is 25.2 Å². The van der Waals surface area contributed by atoms with E-state index in [4.69, 9.17) is 32.7 Å². The van der Waals surface area contributed by atoms with Crippen LogP contribution in [0.4, 0.5) is 16.3 Å². The van der Waals surface area contributed by atoms with Crippen LogP contribution < -0.4 is 10.2 Å². The molecule has 0 aliphatic carbocycles. The van der Waals surface area contributed by atoms with Crippen molar-refractivity contribution in [3.05, 3.63) is 41.8 Å². The van der Waals surface area contributed by atoms with E-state index < -0.39 is 6.09 Å². The lowest BCUT2D eigenvalue weighted by molar-refractivity contribution is 0.122. The van der Waals surface area contributed by atoms with Crippen molar-refractivity contribution >= 4 is 51.8 Å². The van der Waals surface area contributed by atoms with E-state index in [0.29, 0.717) is 35.8 Å². The van der Waals surface area contributed by atoms with E-state index in [0.717, 1.165) is 24.2 Å². The van der Waals surface area contributed by atoms with Crippen LogP contribution in [0.5, 0.6) is 0 Å². The molecule has 0 atom stereocenters. The largest absolute Gasteiger partial charge is 0.433 e. The van der Waals surface area contributed by atoms with Gasteiger partial charge in [0.15, 0.2) is 11.9 Å². The van der Waals surface area contributed by atoms with Crippen LogP contribution in [0.2, 0.25) is 5.28 Å². The van der Waals surface area contributed by atoms with Crippen LogP contribution in [0.15, 0.2) is 36.5 Å². The van der Waals surface area contributed by atoms with Crippen molar-refractivity contribution in [1.29, 1.82) is 0 Å². The van der Waals surface area contributed by atoms with E-state index in [9.17, 15) is 4.79 Å². The van der Waals surface area contributed by atoms with Crippen molar-refractivity contribution in [1.82, 2.24) is 15.0 Å². The number of aromatic nitrogens is 3. The Morgan fingerprint density at radius 2 is 2.03 bits per heavy atom. The third kappa shape index (κ3) is 4.50. The minimum absolute atomic E-state index is 0.164. The van der Waals surface area contributed by atoms with Crippen LogP contribution in [0.25, 0.3) is 22.2 Å². The van der Waals surface area contributed by atoms with Gasteiger partial charge in [-0.3, -0.25) is 10.3 Å². The predicted molar refractivity (Wildman–Crippen MR) is 112 cm³/mol. The van der Waals surface area contributed by atoms with Gasteiger partial charge in [-0.2, -0.15) is 4.98 Å². The number of ether oxygens (including phenoxy) is 2. The lowest BCUT2D eigenvalue weighted by Gasteiger charge is -2.28. The Morgan fingerprint density at radius 3 is 2.83 bits per heavy atom. The fourth-order valence-corrected chi connectivity index (χ4v) is 3.38. The van der Waals surface area contributed by atoms with Gasteiger partial charge in [-0.1, -0.05) is 23.7 Å². The van der Waals surface area contributed by atoms with Crippen LogP contribution >= 0.6 is 23.2 Å². The molecule has 0 spiro atoms. The number of amides is 1. The highest BCUT2D eigenvalue weighted by Gasteiger charge is 2.18. The number of morpholine rings is 1. The lowest BCUT2D eigenvalue weighted by Crippen LogP contribution is -2.37. The van der Waals surface area contributed by atoms with Crippen molar-refractivity contribution in [2.45, 2.75) is 0 Å². The Balaban J connectivity index is 1.68. The van der Waals surface area contributed by atoms with E-state index >= 15 is 0 Å². The molecule has 10 heteroatoms. The number of nitrogens with zero attached hydrogens (tertiary/aromatic N) is 4. The highest BCUT2D eigenvalue weighted by molar-refractivity contribution is 6.28. The zero-order valence-electron chi connectivity index (χ0n) is 15.3. The molecule has 0 bridgehead atoms. The standard InChI is InChI=1S/C19H17Cl2N5O3/c20-11-29-19(27)23-14-3-1-2-12(8-14)13-9-15-16(22-10-13)17(25-18(21)24-15)26-4-6-28-7-5-26/h1-3,8-10H,4-7,11H2,(H,23,27). The second kappa shape index (κ2) is 8.77. The summed E-state index contributed by atoms with van der Waals surface area (Å²) >= 11 is 11.6. The zero-order valence-corrected chi connectivity index (χ0v) is 16.8. The number of anilines is 2. The van der Waals surface area contributed by atoms with Gasteiger partial charge in [0, 0.05) is 30.5 Å². The molecule has 3 aromatic rings. The predicted octanol–water partition coefficient (Wildman–Crippen LogP) is 3.93. The molecule has 0 radical (unpaired) electrons.